The van der Waals surface area contributed by atoms with Gasteiger partial charge in [-0.3, -0.25) is 24.0 Å². The summed E-state index contributed by atoms with van der Waals surface area (Å²) in [5, 5.41) is 14.3. The number of nitrogens with zero attached hydrogens (tertiary/aromatic N) is 10. The number of aromatic nitrogens is 6. The number of unbranched alkanes of at least 4 members (excludes halogenated alkanes) is 2. The van der Waals surface area contributed by atoms with Gasteiger partial charge in [0.2, 0.25) is 23.6 Å². The van der Waals surface area contributed by atoms with E-state index in [-0.39, 0.29) is 34.8 Å². The van der Waals surface area contributed by atoms with Crippen LogP contribution in [0.2, 0.25) is 0 Å². The topological polar surface area (TPSA) is 183 Å². The molecule has 2 fully saturated rings. The molecular weight excluding hydrogens is 1870 g/mol. The molecule has 790 valence electrons. The zero-order valence-corrected chi connectivity index (χ0v) is 92.4. The number of likely N-dealkylation sites (N-methyl/N-ethyl adjacent to an activating group) is 1. The fourth-order valence-corrected chi connectivity index (χ4v) is 21.2. The molecule has 2 aliphatic rings. The van der Waals surface area contributed by atoms with Crippen molar-refractivity contribution < 1.29 is 52.4 Å². The maximum absolute atomic E-state index is 13.3. The molecule has 21 nitrogen and oxygen atoms in total. The molecule has 0 aliphatic heterocycles. The van der Waals surface area contributed by atoms with Crippen LogP contribution in [0.5, 0.6) is 34.5 Å². The van der Waals surface area contributed by atoms with E-state index in [2.05, 4.69) is 253 Å². The van der Waals surface area contributed by atoms with E-state index in [1.54, 1.807) is 42.7 Å². The predicted molar refractivity (Wildman–Crippen MR) is 621 cm³/mol. The fourth-order valence-electron chi connectivity index (χ4n) is 21.2. The van der Waals surface area contributed by atoms with Gasteiger partial charge >= 0.3 is 0 Å². The van der Waals surface area contributed by atoms with Crippen LogP contribution in [0.1, 0.15) is 180 Å². The van der Waals surface area contributed by atoms with Crippen LogP contribution in [0.25, 0.3) is 131 Å². The lowest BCUT2D eigenvalue weighted by Crippen LogP contribution is -2.42. The molecule has 12 aromatic carbocycles. The van der Waals surface area contributed by atoms with E-state index in [0.29, 0.717) is 61.9 Å². The summed E-state index contributed by atoms with van der Waals surface area (Å²) in [4.78, 5) is 73.4. The van der Waals surface area contributed by atoms with Crippen LogP contribution >= 0.6 is 0 Å². The second kappa shape index (κ2) is 50.4. The number of carbonyl (C=O) groups is 5. The number of benzene rings is 12. The first kappa shape index (κ1) is 110. The Bertz CT molecular complexity index is 7690. The summed E-state index contributed by atoms with van der Waals surface area (Å²) in [6, 6.07) is 87.3. The third-order valence-corrected chi connectivity index (χ3v) is 29.4. The van der Waals surface area contributed by atoms with Crippen molar-refractivity contribution in [2.24, 2.45) is 28.6 Å². The molecule has 2 aliphatic carbocycles. The quantitative estimate of drug-likeness (QED) is 0.0374. The molecule has 4 amide bonds. The molecule has 0 radical (unpaired) electrons. The Labute approximate surface area is 886 Å². The lowest BCUT2D eigenvalue weighted by Gasteiger charge is -2.34. The van der Waals surface area contributed by atoms with Gasteiger partial charge in [-0.25, -0.2) is 0 Å². The van der Waals surface area contributed by atoms with Crippen molar-refractivity contribution in [3.8, 4) is 34.5 Å². The van der Waals surface area contributed by atoms with Gasteiger partial charge in [-0.1, -0.05) is 231 Å². The number of carbonyl (C=O) groups excluding carboxylic acids is 5. The highest BCUT2D eigenvalue weighted by Gasteiger charge is 2.31. The molecule has 150 heavy (non-hydrogen) atoms. The van der Waals surface area contributed by atoms with Crippen molar-refractivity contribution in [3.63, 3.8) is 0 Å². The number of ketones is 1. The van der Waals surface area contributed by atoms with E-state index in [1.165, 1.54) is 91.6 Å². The fraction of sp³-hybridized carbons (Fsp3) is 0.403. The van der Waals surface area contributed by atoms with Crippen molar-refractivity contribution in [1.82, 2.24) is 47.0 Å². The maximum Gasteiger partial charge on any atom is 0.242 e. The van der Waals surface area contributed by atoms with Gasteiger partial charge in [0.1, 0.15) is 60.7 Å². The van der Waals surface area contributed by atoms with Crippen LogP contribution in [0.4, 0.5) is 0 Å². The van der Waals surface area contributed by atoms with Gasteiger partial charge in [0.25, 0.3) is 0 Å². The average molecular weight is 2020 g/mol. The summed E-state index contributed by atoms with van der Waals surface area (Å²) >= 11 is 0. The third-order valence-electron chi connectivity index (χ3n) is 29.4. The molecule has 0 bridgehead atoms. The molecule has 18 aromatic rings. The molecule has 0 unspecified atom stereocenters. The highest BCUT2D eigenvalue weighted by molar-refractivity contribution is 6.14. The molecule has 0 atom stereocenters. The van der Waals surface area contributed by atoms with E-state index in [4.69, 9.17) is 28.4 Å². The number of aryl methyl sites for hydroxylation is 1. The monoisotopic (exact) mass is 2020 g/mol. The zero-order valence-electron chi connectivity index (χ0n) is 92.4. The summed E-state index contributed by atoms with van der Waals surface area (Å²) < 4.78 is 45.5. The zero-order chi connectivity index (χ0) is 107. The molecule has 6 aromatic heterocycles. The SMILES string of the molecule is CCCCN(CCCC)C(=O)Cn1c2ccccc2c2ccc(OC)cc21.CCCN(CC1CC1)C(=O)Cn1c2ccccc2c2ccc(OC)cc21.CCN(C(=O)Cn1c2ccccc2c2ccc(OC)cc21)C1CCCCC1.COc1ccc2c3ccccc3n(CC(=O)C(C)(C)C)c2c1.COc1ccc2c3ccccc3n(CC(=O)N(CC(C)C)CC(C)C)c2c1.COc1ccc2c3ccccc3n(CCC(C)(C)C)c2c1. The summed E-state index contributed by atoms with van der Waals surface area (Å²) in [6.07, 6.45) is 15.0. The van der Waals surface area contributed by atoms with Crippen LogP contribution in [0, 0.1) is 28.6 Å². The van der Waals surface area contributed by atoms with E-state index < -0.39 is 0 Å². The molecule has 6 heterocycles. The number of rotatable bonds is 34. The molecular formula is C129H158N10O11. The molecule has 2 saturated carbocycles. The second-order valence-corrected chi connectivity index (χ2v) is 43.4. The second-order valence-electron chi connectivity index (χ2n) is 43.4. The normalized spacial score (nSPS) is 12.8. The molecule has 0 spiro atoms. The Balaban J connectivity index is 0.000000135. The third kappa shape index (κ3) is 25.9. The van der Waals surface area contributed by atoms with Crippen LogP contribution in [-0.2, 0) is 63.2 Å². The maximum atomic E-state index is 13.3. The lowest BCUT2D eigenvalue weighted by molar-refractivity contribution is -0.134. The number of Topliss-reactive ketones (excluding diaryl/α,β-unsaturated/α-hetero) is 1. The van der Waals surface area contributed by atoms with Gasteiger partial charge in [0.15, 0.2) is 5.78 Å². The number of amides is 4. The van der Waals surface area contributed by atoms with Gasteiger partial charge in [-0.05, 0) is 191 Å². The number of ether oxygens (including phenoxy) is 6. The van der Waals surface area contributed by atoms with E-state index >= 15 is 0 Å². The molecule has 0 saturated heterocycles. The van der Waals surface area contributed by atoms with Gasteiger partial charge in [-0.2, -0.15) is 0 Å². The minimum atomic E-state index is -0.351. The highest BCUT2D eigenvalue weighted by Crippen LogP contribution is 2.41. The van der Waals surface area contributed by atoms with Gasteiger partial charge in [0, 0.05) is 198 Å². The number of para-hydroxylation sites is 6. The van der Waals surface area contributed by atoms with Gasteiger partial charge in [-0.15, -0.1) is 0 Å². The average Bonchev–Trinajstić information content (AvgIpc) is 1.63. The van der Waals surface area contributed by atoms with Crippen molar-refractivity contribution in [2.45, 2.75) is 226 Å². The number of hydrogen-bond donors (Lipinski definition) is 0. The molecule has 0 N–H and O–H groups in total. The van der Waals surface area contributed by atoms with Crippen molar-refractivity contribution in [3.05, 3.63) is 255 Å². The largest absolute Gasteiger partial charge is 0.497 e. The predicted octanol–water partition coefficient (Wildman–Crippen LogP) is 29.3. The number of fused-ring (bicyclic) bond motifs is 18. The van der Waals surface area contributed by atoms with Crippen molar-refractivity contribution in [2.75, 3.05) is 88.5 Å². The van der Waals surface area contributed by atoms with Crippen LogP contribution < -0.4 is 28.4 Å². The Hall–Kier alpha value is -14.2. The Morgan fingerprint density at radius 2 is 0.580 bits per heavy atom. The van der Waals surface area contributed by atoms with Crippen LogP contribution in [0.15, 0.2) is 255 Å². The Morgan fingerprint density at radius 3 is 0.853 bits per heavy atom. The lowest BCUT2D eigenvalue weighted by atomic mass is 9.91. The van der Waals surface area contributed by atoms with Crippen LogP contribution in [-0.4, -0.2) is 171 Å². The minimum absolute atomic E-state index is 0.169. The minimum Gasteiger partial charge on any atom is -0.497 e. The van der Waals surface area contributed by atoms with E-state index in [0.717, 1.165) is 210 Å². The smallest absolute Gasteiger partial charge is 0.242 e. The van der Waals surface area contributed by atoms with Crippen LogP contribution in [0.3, 0.4) is 0 Å². The number of methoxy groups -OCH3 is 6. The first-order valence-corrected chi connectivity index (χ1v) is 54.4. The van der Waals surface area contributed by atoms with E-state index in [9.17, 15) is 24.0 Å². The first-order valence-electron chi connectivity index (χ1n) is 54.4. The first-order chi connectivity index (χ1) is 72.4. The Morgan fingerprint density at radius 1 is 0.307 bits per heavy atom. The molecule has 20 rings (SSSR count). The number of hydrogen-bond acceptors (Lipinski definition) is 11. The Kier molecular flexibility index (Phi) is 36.9. The van der Waals surface area contributed by atoms with Crippen molar-refractivity contribution in [1.29, 1.82) is 0 Å². The molecule has 21 heteroatoms. The highest BCUT2D eigenvalue weighted by atomic mass is 16.5. The van der Waals surface area contributed by atoms with Gasteiger partial charge in [0.05, 0.1) is 82.3 Å². The summed E-state index contributed by atoms with van der Waals surface area (Å²) in [7, 11) is 10.1. The van der Waals surface area contributed by atoms with E-state index in [1.807, 2.05) is 146 Å². The summed E-state index contributed by atoms with van der Waals surface area (Å²) in [5.41, 5.74) is 13.3. The summed E-state index contributed by atoms with van der Waals surface area (Å²) in [5.74, 6) is 7.61. The standard InChI is InChI=1S/C23H28N2O2.2C23H30N2O2.C22H26N2O2.C19H21NO2.C19H23NO/c1-3-24(17-9-5-4-6-10-17)23(26)16-25-21-12-8-7-11-19(21)20-14-13-18(27-2)15-22(20)25;1-16(2)13-24(14-17(3)4)23(26)15-25-21-9-7-6-8-19(21)20-11-10-18(27-5)12-22(20)25;1-4-6-14-24(15-7-5-2)23(26)17-25-21-11-9-8-10-19(21)20-13-12-18(27-3)16-22(20)25;1-3-12-23(14-16-8-9-16)22(25)15-24-20-7-5-4-6-18(20)19-11-10-17(26-2)13-21(19)24;1-19(2,3)18(21)12-20-16-8-6-5-7-14(16)15-10-9-13(22-4)11-17(15)20;1-19(2,3)11-12-20-17-8-6-5-7-15(17)16-10-9-14(21-4)13-18(16)20/h7-8,11-15,17H,3-6,9-10,16H2,1-2H3;6-12,16-17H,13-15H2,1-5H3;8-13,16H,4-7,14-15,17H2,1-3H3;4-7,10-11,13,16H,3,8-9,12,14-15H2,1-2H3;5-11H,12H2,1-4H3;5-10,13H,11-12H2,1-4H3. The van der Waals surface area contributed by atoms with Gasteiger partial charge < -0.3 is 75.4 Å². The van der Waals surface area contributed by atoms with Crippen molar-refractivity contribution >= 4 is 160 Å². The summed E-state index contributed by atoms with van der Waals surface area (Å²) in [6.45, 7) is 38.6.